The van der Waals surface area contributed by atoms with Gasteiger partial charge in [-0.1, -0.05) is 0 Å². The molecule has 0 unspecified atom stereocenters. The second kappa shape index (κ2) is 2.16. The van der Waals surface area contributed by atoms with E-state index in [1.165, 1.54) is 6.26 Å². The standard InChI is InChI=1S/C7H12O3/c1-5(8)6-4-9-7(2,3)10-6/h4-5,8H,1-3H3/t5-/m1/s1. The third-order valence-corrected chi connectivity index (χ3v) is 1.23. The molecule has 0 saturated carbocycles. The predicted molar refractivity (Wildman–Crippen MR) is 36.0 cm³/mol. The van der Waals surface area contributed by atoms with Crippen LogP contribution in [0.25, 0.3) is 0 Å². The minimum Gasteiger partial charge on any atom is -0.457 e. The van der Waals surface area contributed by atoms with Crippen molar-refractivity contribution in [3.05, 3.63) is 12.0 Å². The highest BCUT2D eigenvalue weighted by Crippen LogP contribution is 2.25. The van der Waals surface area contributed by atoms with E-state index >= 15 is 0 Å². The molecule has 1 aliphatic rings. The van der Waals surface area contributed by atoms with Gasteiger partial charge in [0.05, 0.1) is 0 Å². The molecule has 0 aromatic heterocycles. The summed E-state index contributed by atoms with van der Waals surface area (Å²) in [5, 5.41) is 9.01. The normalized spacial score (nSPS) is 24.6. The van der Waals surface area contributed by atoms with Crippen LogP contribution in [-0.4, -0.2) is 17.0 Å². The average Bonchev–Trinajstić information content (AvgIpc) is 2.10. The smallest absolute Gasteiger partial charge is 0.244 e. The van der Waals surface area contributed by atoms with Gasteiger partial charge in [0.25, 0.3) is 0 Å². The van der Waals surface area contributed by atoms with Gasteiger partial charge < -0.3 is 14.6 Å². The minimum atomic E-state index is -0.605. The summed E-state index contributed by atoms with van der Waals surface area (Å²) in [6.07, 6.45) is 0.867. The third-order valence-electron chi connectivity index (χ3n) is 1.23. The van der Waals surface area contributed by atoms with Gasteiger partial charge >= 0.3 is 0 Å². The molecule has 0 bridgehead atoms. The molecule has 0 fully saturated rings. The largest absolute Gasteiger partial charge is 0.457 e. The highest BCUT2D eigenvalue weighted by Gasteiger charge is 2.29. The average molecular weight is 144 g/mol. The van der Waals surface area contributed by atoms with Crippen molar-refractivity contribution in [2.75, 3.05) is 0 Å². The van der Waals surface area contributed by atoms with Crippen molar-refractivity contribution < 1.29 is 14.6 Å². The molecular formula is C7H12O3. The van der Waals surface area contributed by atoms with E-state index in [1.807, 2.05) is 0 Å². The number of aliphatic hydroxyl groups is 1. The van der Waals surface area contributed by atoms with Crippen LogP contribution in [-0.2, 0) is 9.47 Å². The van der Waals surface area contributed by atoms with E-state index in [0.29, 0.717) is 5.76 Å². The van der Waals surface area contributed by atoms with Gasteiger partial charge in [0, 0.05) is 13.8 Å². The van der Waals surface area contributed by atoms with Crippen molar-refractivity contribution in [2.24, 2.45) is 0 Å². The fourth-order valence-corrected chi connectivity index (χ4v) is 0.716. The molecule has 10 heavy (non-hydrogen) atoms. The molecule has 1 heterocycles. The van der Waals surface area contributed by atoms with Gasteiger partial charge in [-0.25, -0.2) is 0 Å². The lowest BCUT2D eigenvalue weighted by Gasteiger charge is -2.18. The Hall–Kier alpha value is -0.700. The van der Waals surface area contributed by atoms with Gasteiger partial charge in [-0.15, -0.1) is 0 Å². The fourth-order valence-electron chi connectivity index (χ4n) is 0.716. The lowest BCUT2D eigenvalue weighted by Crippen LogP contribution is -2.22. The zero-order valence-electron chi connectivity index (χ0n) is 6.42. The van der Waals surface area contributed by atoms with Crippen molar-refractivity contribution in [2.45, 2.75) is 32.7 Å². The van der Waals surface area contributed by atoms with Crippen molar-refractivity contribution in [1.82, 2.24) is 0 Å². The van der Waals surface area contributed by atoms with Crippen LogP contribution in [0.2, 0.25) is 0 Å². The molecule has 1 atom stereocenters. The molecule has 3 heteroatoms. The molecular weight excluding hydrogens is 132 g/mol. The first kappa shape index (κ1) is 7.41. The summed E-state index contributed by atoms with van der Waals surface area (Å²) in [6.45, 7) is 5.22. The molecule has 0 aromatic rings. The molecule has 1 N–H and O–H groups in total. The van der Waals surface area contributed by atoms with E-state index in [0.717, 1.165) is 0 Å². The summed E-state index contributed by atoms with van der Waals surface area (Å²) in [4.78, 5) is 0. The van der Waals surface area contributed by atoms with Crippen molar-refractivity contribution in [3.8, 4) is 0 Å². The van der Waals surface area contributed by atoms with E-state index < -0.39 is 11.9 Å². The van der Waals surface area contributed by atoms with Crippen molar-refractivity contribution in [1.29, 1.82) is 0 Å². The first-order valence-corrected chi connectivity index (χ1v) is 3.26. The molecule has 1 aliphatic heterocycles. The van der Waals surface area contributed by atoms with Gasteiger partial charge in [-0.05, 0) is 6.92 Å². The molecule has 0 spiro atoms. The van der Waals surface area contributed by atoms with E-state index in [9.17, 15) is 0 Å². The summed E-state index contributed by atoms with van der Waals surface area (Å²) in [6, 6.07) is 0. The minimum absolute atomic E-state index is 0.491. The van der Waals surface area contributed by atoms with Gasteiger partial charge in [0.15, 0.2) is 5.76 Å². The van der Waals surface area contributed by atoms with Gasteiger partial charge in [0.2, 0.25) is 5.79 Å². The Labute approximate surface area is 60.3 Å². The number of hydrogen-bond acceptors (Lipinski definition) is 3. The van der Waals surface area contributed by atoms with Gasteiger partial charge in [-0.3, -0.25) is 0 Å². The van der Waals surface area contributed by atoms with Crippen molar-refractivity contribution in [3.63, 3.8) is 0 Å². The summed E-state index contributed by atoms with van der Waals surface area (Å²) < 4.78 is 10.3. The molecule has 1 rings (SSSR count). The zero-order chi connectivity index (χ0) is 7.78. The summed E-state index contributed by atoms with van der Waals surface area (Å²) in [5.41, 5.74) is 0. The highest BCUT2D eigenvalue weighted by atomic mass is 16.7. The van der Waals surface area contributed by atoms with E-state index in [1.54, 1.807) is 20.8 Å². The maximum atomic E-state index is 9.01. The lowest BCUT2D eigenvalue weighted by molar-refractivity contribution is -0.123. The summed E-state index contributed by atoms with van der Waals surface area (Å²) >= 11 is 0. The molecule has 0 amide bonds. The van der Waals surface area contributed by atoms with E-state index in [2.05, 4.69) is 0 Å². The number of hydrogen-bond donors (Lipinski definition) is 1. The van der Waals surface area contributed by atoms with Gasteiger partial charge in [0.1, 0.15) is 12.4 Å². The first-order chi connectivity index (χ1) is 4.51. The van der Waals surface area contributed by atoms with Crippen LogP contribution in [0.15, 0.2) is 12.0 Å². The van der Waals surface area contributed by atoms with Crippen LogP contribution in [0, 0.1) is 0 Å². The molecule has 0 radical (unpaired) electrons. The van der Waals surface area contributed by atoms with Crippen LogP contribution in [0.1, 0.15) is 20.8 Å². The zero-order valence-corrected chi connectivity index (χ0v) is 6.42. The van der Waals surface area contributed by atoms with Crippen LogP contribution in [0.5, 0.6) is 0 Å². The van der Waals surface area contributed by atoms with Crippen LogP contribution < -0.4 is 0 Å². The van der Waals surface area contributed by atoms with Crippen LogP contribution >= 0.6 is 0 Å². The molecule has 0 aromatic carbocycles. The number of ether oxygens (including phenoxy) is 2. The number of aliphatic hydroxyl groups excluding tert-OH is 1. The lowest BCUT2D eigenvalue weighted by atomic mass is 10.3. The van der Waals surface area contributed by atoms with Crippen LogP contribution in [0.4, 0.5) is 0 Å². The quantitative estimate of drug-likeness (QED) is 0.596. The topological polar surface area (TPSA) is 38.7 Å². The predicted octanol–water partition coefficient (Wildman–Crippen LogP) is 0.991. The Morgan fingerprint density at radius 2 is 2.20 bits per heavy atom. The second-order valence-corrected chi connectivity index (χ2v) is 2.82. The second-order valence-electron chi connectivity index (χ2n) is 2.82. The van der Waals surface area contributed by atoms with Crippen LogP contribution in [0.3, 0.4) is 0 Å². The Morgan fingerprint density at radius 1 is 1.60 bits per heavy atom. The Kier molecular flexibility index (Phi) is 1.60. The Morgan fingerprint density at radius 3 is 2.40 bits per heavy atom. The monoisotopic (exact) mass is 144 g/mol. The van der Waals surface area contributed by atoms with Crippen molar-refractivity contribution >= 4 is 0 Å². The summed E-state index contributed by atoms with van der Waals surface area (Å²) in [5.74, 6) is -0.114. The third kappa shape index (κ3) is 1.42. The molecule has 0 saturated heterocycles. The molecule has 58 valence electrons. The SMILES string of the molecule is C[C@@H](O)C1=COC(C)(C)O1. The first-order valence-electron chi connectivity index (χ1n) is 3.26. The van der Waals surface area contributed by atoms with E-state index in [4.69, 9.17) is 14.6 Å². The molecule has 3 nitrogen and oxygen atoms in total. The number of rotatable bonds is 1. The van der Waals surface area contributed by atoms with Gasteiger partial charge in [-0.2, -0.15) is 0 Å². The fraction of sp³-hybridized carbons (Fsp3) is 0.714. The van der Waals surface area contributed by atoms with E-state index in [-0.39, 0.29) is 0 Å². The molecule has 0 aliphatic carbocycles. The highest BCUT2D eigenvalue weighted by molar-refractivity contribution is 4.99. The summed E-state index contributed by atoms with van der Waals surface area (Å²) in [7, 11) is 0. The Balaban J connectivity index is 2.55. The maximum Gasteiger partial charge on any atom is 0.244 e. The Bertz CT molecular complexity index is 158. The maximum absolute atomic E-state index is 9.01.